The molecule has 0 atom stereocenters. The quantitative estimate of drug-likeness (QED) is 0.142. The Bertz CT molecular complexity index is 1090. The van der Waals surface area contributed by atoms with E-state index >= 15 is 0 Å². The zero-order chi connectivity index (χ0) is 33.6. The molecular formula is C37H65O5P. The van der Waals surface area contributed by atoms with Crippen molar-refractivity contribution in [1.82, 2.24) is 0 Å². The molecule has 0 saturated carbocycles. The Hall–Kier alpha value is -1.65. The summed E-state index contributed by atoms with van der Waals surface area (Å²) in [7, 11) is -3.73. The Morgan fingerprint density at radius 2 is 0.860 bits per heavy atom. The molecule has 6 heteroatoms. The fraction of sp³-hybridized carbons (Fsp3) is 0.676. The van der Waals surface area contributed by atoms with Crippen LogP contribution in [0.1, 0.15) is 162 Å². The Labute approximate surface area is 264 Å². The number of rotatable bonds is 9. The van der Waals surface area contributed by atoms with Gasteiger partial charge in [-0.25, -0.2) is 0 Å². The van der Waals surface area contributed by atoms with E-state index in [1.54, 1.807) is 0 Å². The van der Waals surface area contributed by atoms with E-state index in [4.69, 9.17) is 14.7 Å². The number of hydrogen-bond acceptors (Lipinski definition) is 5. The summed E-state index contributed by atoms with van der Waals surface area (Å²) in [5.41, 5.74) is 5.65. The summed E-state index contributed by atoms with van der Waals surface area (Å²) in [6, 6.07) is 8.52. The Balaban J connectivity index is 0.000000650. The molecule has 0 saturated heterocycles. The van der Waals surface area contributed by atoms with Crippen molar-refractivity contribution in [2.75, 3.05) is 6.16 Å². The van der Waals surface area contributed by atoms with Crippen LogP contribution in [0.4, 0.5) is 0 Å². The maximum absolute atomic E-state index is 11.2. The first-order valence-electron chi connectivity index (χ1n) is 16.2. The molecule has 5 nitrogen and oxygen atoms in total. The van der Waals surface area contributed by atoms with Gasteiger partial charge in [-0.2, -0.15) is 0 Å². The third kappa shape index (κ3) is 13.1. The standard InChI is InChI=1S/C29H44O2.C8H21O3P/c1-26(2,3)20-14-18(24(30)22(16-20)28(7,8)9)13-19-15-21(27(4,5)6)17-23(25(19)31)29(10,11)12;1-2-3-4-5-6-7-8-12(9,10)11/h14-17,30-31H,13H2,1-12H3;9-12H,2-8H2,1H3. The number of aromatic hydroxyl groups is 2. The van der Waals surface area contributed by atoms with E-state index in [-0.39, 0.29) is 27.8 Å². The van der Waals surface area contributed by atoms with Gasteiger partial charge >= 0.3 is 74.2 Å². The molecule has 0 spiro atoms. The molecular weight excluding hydrogens is 555 g/mol. The average Bonchev–Trinajstić information content (AvgIpc) is 2.80. The number of unbranched alkanes of at least 4 members (excludes halogenated alkanes) is 5. The predicted molar refractivity (Wildman–Crippen MR) is 187 cm³/mol. The molecule has 0 unspecified atom stereocenters. The van der Waals surface area contributed by atoms with Crippen LogP contribution in [0.3, 0.4) is 0 Å². The van der Waals surface area contributed by atoms with Crippen LogP contribution in [0.5, 0.6) is 11.5 Å². The second-order valence-electron chi connectivity index (χ2n) is 16.5. The molecule has 0 heterocycles. The molecule has 248 valence electrons. The average molecular weight is 621 g/mol. The van der Waals surface area contributed by atoms with E-state index in [0.717, 1.165) is 41.5 Å². The van der Waals surface area contributed by atoms with Gasteiger partial charge in [-0.15, -0.1) is 0 Å². The van der Waals surface area contributed by atoms with E-state index in [1.807, 2.05) is 0 Å². The van der Waals surface area contributed by atoms with Crippen molar-refractivity contribution < 1.29 is 24.9 Å². The van der Waals surface area contributed by atoms with E-state index in [1.165, 1.54) is 30.4 Å². The third-order valence-electron chi connectivity index (χ3n) is 7.97. The van der Waals surface area contributed by atoms with Gasteiger partial charge in [-0.3, -0.25) is 0 Å². The van der Waals surface area contributed by atoms with Crippen LogP contribution in [0.2, 0.25) is 0 Å². The first kappa shape index (κ1) is 39.4. The predicted octanol–water partition coefficient (Wildman–Crippen LogP) is 9.70. The molecule has 0 fully saturated rings. The minimum atomic E-state index is -3.73. The molecule has 0 amide bonds. The first-order chi connectivity index (χ1) is 19.3. The fourth-order valence-electron chi connectivity index (χ4n) is 5.02. The molecule has 0 bridgehead atoms. The Morgan fingerprint density at radius 3 is 1.16 bits per heavy atom. The van der Waals surface area contributed by atoms with Crippen LogP contribution in [0.15, 0.2) is 24.3 Å². The molecule has 43 heavy (non-hydrogen) atoms. The number of hydrogen-bond donors (Lipinski definition) is 5. The number of phenols is 2. The van der Waals surface area contributed by atoms with Crippen molar-refractivity contribution in [1.29, 1.82) is 0 Å². The monoisotopic (exact) mass is 620 g/mol. The summed E-state index contributed by atoms with van der Waals surface area (Å²) in [5, 5.41) is 22.5. The van der Waals surface area contributed by atoms with E-state index < -0.39 is 7.94 Å². The molecule has 0 radical (unpaired) electrons. The molecule has 2 rings (SSSR count). The second-order valence-corrected chi connectivity index (χ2v) is 18.6. The van der Waals surface area contributed by atoms with Gasteiger partial charge in [0.15, 0.2) is 0 Å². The summed E-state index contributed by atoms with van der Waals surface area (Å²) >= 11 is 0. The van der Waals surface area contributed by atoms with Crippen LogP contribution in [-0.2, 0) is 28.1 Å². The van der Waals surface area contributed by atoms with E-state index in [2.05, 4.69) is 114 Å². The molecule has 2 aromatic rings. The molecule has 0 aliphatic heterocycles. The summed E-state index contributed by atoms with van der Waals surface area (Å²) in [6.07, 6.45) is 7.25. The Morgan fingerprint density at radius 1 is 0.512 bits per heavy atom. The van der Waals surface area contributed by atoms with Crippen LogP contribution < -0.4 is 0 Å². The van der Waals surface area contributed by atoms with Gasteiger partial charge in [0.05, 0.1) is 0 Å². The zero-order valence-electron chi connectivity index (χ0n) is 29.7. The van der Waals surface area contributed by atoms with Gasteiger partial charge in [0.25, 0.3) is 0 Å². The van der Waals surface area contributed by atoms with Gasteiger partial charge < -0.3 is 10.2 Å². The molecule has 0 aromatic heterocycles. The zero-order valence-corrected chi connectivity index (χ0v) is 30.7. The fourth-order valence-corrected chi connectivity index (χ4v) is 5.74. The van der Waals surface area contributed by atoms with Crippen LogP contribution in [-0.4, -0.2) is 31.1 Å². The maximum atomic E-state index is 11.2. The first-order valence-corrected chi connectivity index (χ1v) is 18.2. The van der Waals surface area contributed by atoms with E-state index in [0.29, 0.717) is 17.9 Å². The van der Waals surface area contributed by atoms with Crippen molar-refractivity contribution >= 4 is 7.94 Å². The summed E-state index contributed by atoms with van der Waals surface area (Å²) in [4.78, 5) is 26.0. The molecule has 5 N–H and O–H groups in total. The summed E-state index contributed by atoms with van der Waals surface area (Å²) < 4.78 is 0. The van der Waals surface area contributed by atoms with E-state index in [9.17, 15) is 10.2 Å². The Kier molecular flexibility index (Phi) is 13.8. The van der Waals surface area contributed by atoms with Gasteiger partial charge in [-0.05, 0) is 55.0 Å². The normalized spacial score (nSPS) is 13.5. The van der Waals surface area contributed by atoms with Crippen molar-refractivity contribution in [2.24, 2.45) is 0 Å². The SMILES string of the molecule is CC(C)(C)c1cc(Cc2cc(C(C)(C)C)cc(C(C)(C)C)c2O)c(O)c(C(C)(C)C)c1.CCCCCCCC[PH](O)(O)O. The van der Waals surface area contributed by atoms with Gasteiger partial charge in [0.1, 0.15) is 11.5 Å². The van der Waals surface area contributed by atoms with Crippen LogP contribution in [0, 0.1) is 0 Å². The second kappa shape index (κ2) is 15.1. The van der Waals surface area contributed by atoms with Crippen LogP contribution in [0.25, 0.3) is 0 Å². The van der Waals surface area contributed by atoms with Crippen molar-refractivity contribution in [3.05, 3.63) is 57.6 Å². The van der Waals surface area contributed by atoms with Gasteiger partial charge in [-0.1, -0.05) is 107 Å². The van der Waals surface area contributed by atoms with Crippen molar-refractivity contribution in [2.45, 2.75) is 157 Å². The third-order valence-corrected chi connectivity index (χ3v) is 9.00. The molecule has 0 aliphatic rings. The summed E-state index contributed by atoms with van der Waals surface area (Å²) in [6.45, 7) is 28.2. The number of benzene rings is 2. The van der Waals surface area contributed by atoms with Gasteiger partial charge in [0.2, 0.25) is 0 Å². The minimum absolute atomic E-state index is 0.0334. The van der Waals surface area contributed by atoms with Gasteiger partial charge in [0, 0.05) is 6.42 Å². The molecule has 0 aliphatic carbocycles. The topological polar surface area (TPSA) is 101 Å². The molecule has 2 aromatic carbocycles. The van der Waals surface area contributed by atoms with Crippen molar-refractivity contribution in [3.8, 4) is 11.5 Å². The summed E-state index contributed by atoms with van der Waals surface area (Å²) in [5.74, 6) is 0.691. The number of phenolic OH excluding ortho intramolecular Hbond substituents is 2. The van der Waals surface area contributed by atoms with Crippen LogP contribution >= 0.6 is 7.94 Å². The van der Waals surface area contributed by atoms with Crippen molar-refractivity contribution in [3.63, 3.8) is 0 Å².